The van der Waals surface area contributed by atoms with Crippen molar-refractivity contribution in [3.63, 3.8) is 0 Å². The summed E-state index contributed by atoms with van der Waals surface area (Å²) in [5.74, 6) is 1.68. The maximum Gasteiger partial charge on any atom is 0.127 e. The fourth-order valence-electron chi connectivity index (χ4n) is 2.52. The van der Waals surface area contributed by atoms with Crippen LogP contribution in [0.25, 0.3) is 0 Å². The molecule has 1 aliphatic rings. The normalized spacial score (nSPS) is 16.8. The van der Waals surface area contributed by atoms with Crippen LogP contribution in [0.2, 0.25) is 0 Å². The number of aromatic nitrogens is 1. The highest BCUT2D eigenvalue weighted by atomic mass is 16.5. The van der Waals surface area contributed by atoms with Crippen LogP contribution in [-0.4, -0.2) is 17.6 Å². The molecule has 0 aliphatic heterocycles. The van der Waals surface area contributed by atoms with E-state index in [-0.39, 0.29) is 0 Å². The van der Waals surface area contributed by atoms with E-state index >= 15 is 0 Å². The first-order valence-electron chi connectivity index (χ1n) is 7.56. The summed E-state index contributed by atoms with van der Waals surface area (Å²) in [6, 6.07) is 2.00. The third kappa shape index (κ3) is 4.83. The Kier molecular flexibility index (Phi) is 5.64. The van der Waals surface area contributed by atoms with Gasteiger partial charge in [-0.15, -0.1) is 0 Å². The number of rotatable bonds is 6. The minimum Gasteiger partial charge on any atom is -0.490 e. The third-order valence-electron chi connectivity index (χ3n) is 3.57. The summed E-state index contributed by atoms with van der Waals surface area (Å²) in [7, 11) is 0. The van der Waals surface area contributed by atoms with Crippen molar-refractivity contribution in [2.24, 2.45) is 5.92 Å². The molecule has 3 heteroatoms. The highest BCUT2D eigenvalue weighted by Crippen LogP contribution is 2.25. The molecule has 0 saturated heterocycles. The van der Waals surface area contributed by atoms with E-state index in [9.17, 15) is 0 Å². The molecule has 0 amide bonds. The fourth-order valence-corrected chi connectivity index (χ4v) is 2.52. The molecule has 1 aromatic heterocycles. The number of hydrogen-bond donors (Lipinski definition) is 1. The van der Waals surface area contributed by atoms with Crippen LogP contribution >= 0.6 is 0 Å². The maximum atomic E-state index is 6.16. The summed E-state index contributed by atoms with van der Waals surface area (Å²) in [4.78, 5) is 4.22. The predicted octanol–water partition coefficient (Wildman–Crippen LogP) is 3.54. The van der Waals surface area contributed by atoms with Gasteiger partial charge in [-0.3, -0.25) is 4.98 Å². The SMILES string of the molecule is CC(C)CNCc1cnccc1OC1CCCCC1. The summed E-state index contributed by atoms with van der Waals surface area (Å²) in [6.07, 6.45) is 10.5. The lowest BCUT2D eigenvalue weighted by Crippen LogP contribution is -2.22. The smallest absolute Gasteiger partial charge is 0.127 e. The van der Waals surface area contributed by atoms with Gasteiger partial charge in [-0.25, -0.2) is 0 Å². The Hall–Kier alpha value is -1.09. The van der Waals surface area contributed by atoms with Crippen LogP contribution in [0.5, 0.6) is 5.75 Å². The van der Waals surface area contributed by atoms with Crippen LogP contribution in [0.4, 0.5) is 0 Å². The monoisotopic (exact) mass is 262 g/mol. The Bertz CT molecular complexity index is 373. The van der Waals surface area contributed by atoms with Crippen LogP contribution in [0.3, 0.4) is 0 Å². The molecule has 0 bridgehead atoms. The van der Waals surface area contributed by atoms with Gasteiger partial charge in [-0.1, -0.05) is 20.3 Å². The van der Waals surface area contributed by atoms with E-state index in [2.05, 4.69) is 24.1 Å². The van der Waals surface area contributed by atoms with Gasteiger partial charge >= 0.3 is 0 Å². The van der Waals surface area contributed by atoms with E-state index in [1.54, 1.807) is 0 Å². The lowest BCUT2D eigenvalue weighted by Gasteiger charge is -2.24. The second-order valence-corrected chi connectivity index (χ2v) is 5.89. The highest BCUT2D eigenvalue weighted by molar-refractivity contribution is 5.30. The number of ether oxygens (including phenoxy) is 1. The van der Waals surface area contributed by atoms with E-state index in [4.69, 9.17) is 4.74 Å². The zero-order valence-electron chi connectivity index (χ0n) is 12.2. The average molecular weight is 262 g/mol. The number of pyridine rings is 1. The van der Waals surface area contributed by atoms with Crippen molar-refractivity contribution in [1.82, 2.24) is 10.3 Å². The Balaban J connectivity index is 1.91. The number of nitrogens with zero attached hydrogens (tertiary/aromatic N) is 1. The van der Waals surface area contributed by atoms with Gasteiger partial charge in [0.1, 0.15) is 5.75 Å². The number of hydrogen-bond acceptors (Lipinski definition) is 3. The molecule has 0 atom stereocenters. The summed E-state index contributed by atoms with van der Waals surface area (Å²) < 4.78 is 6.16. The fraction of sp³-hybridized carbons (Fsp3) is 0.688. The average Bonchev–Trinajstić information content (AvgIpc) is 2.41. The van der Waals surface area contributed by atoms with Gasteiger partial charge in [0, 0.05) is 24.5 Å². The molecule has 0 spiro atoms. The first-order chi connectivity index (χ1) is 9.25. The Morgan fingerprint density at radius 2 is 2.11 bits per heavy atom. The standard InChI is InChI=1S/C16H26N2O/c1-13(2)10-18-12-14-11-17-9-8-16(14)19-15-6-4-3-5-7-15/h8-9,11,13,15,18H,3-7,10,12H2,1-2H3. The zero-order valence-corrected chi connectivity index (χ0v) is 12.2. The lowest BCUT2D eigenvalue weighted by atomic mass is 9.98. The van der Waals surface area contributed by atoms with E-state index in [0.29, 0.717) is 12.0 Å². The largest absolute Gasteiger partial charge is 0.490 e. The van der Waals surface area contributed by atoms with Crippen molar-refractivity contribution >= 4 is 0 Å². The van der Waals surface area contributed by atoms with Crippen molar-refractivity contribution in [3.05, 3.63) is 24.0 Å². The van der Waals surface area contributed by atoms with E-state index < -0.39 is 0 Å². The van der Waals surface area contributed by atoms with E-state index in [1.807, 2.05) is 18.5 Å². The van der Waals surface area contributed by atoms with Crippen LogP contribution < -0.4 is 10.1 Å². The Labute approximate surface area is 116 Å². The minimum atomic E-state index is 0.403. The lowest BCUT2D eigenvalue weighted by molar-refractivity contribution is 0.153. The van der Waals surface area contributed by atoms with Crippen LogP contribution in [0.1, 0.15) is 51.5 Å². The van der Waals surface area contributed by atoms with Crippen LogP contribution in [-0.2, 0) is 6.54 Å². The molecule has 1 fully saturated rings. The molecule has 2 rings (SSSR count). The van der Waals surface area contributed by atoms with Crippen LogP contribution in [0.15, 0.2) is 18.5 Å². The molecule has 1 heterocycles. The van der Waals surface area contributed by atoms with Gasteiger partial charge in [0.2, 0.25) is 0 Å². The van der Waals surface area contributed by atoms with Gasteiger partial charge in [-0.05, 0) is 44.2 Å². The first-order valence-corrected chi connectivity index (χ1v) is 7.56. The quantitative estimate of drug-likeness (QED) is 0.851. The molecule has 0 unspecified atom stereocenters. The van der Waals surface area contributed by atoms with Gasteiger partial charge in [0.25, 0.3) is 0 Å². The molecular weight excluding hydrogens is 236 g/mol. The molecule has 3 nitrogen and oxygen atoms in total. The molecule has 1 saturated carbocycles. The molecule has 1 aromatic rings. The summed E-state index contributed by atoms with van der Waals surface area (Å²) >= 11 is 0. The molecule has 0 aromatic carbocycles. The van der Waals surface area contributed by atoms with Crippen molar-refractivity contribution in [3.8, 4) is 5.75 Å². The van der Waals surface area contributed by atoms with Crippen molar-refractivity contribution in [2.45, 2.75) is 58.6 Å². The number of nitrogens with one attached hydrogen (secondary N) is 1. The van der Waals surface area contributed by atoms with Gasteiger partial charge in [-0.2, -0.15) is 0 Å². The van der Waals surface area contributed by atoms with Crippen LogP contribution in [0, 0.1) is 5.92 Å². The molecule has 1 N–H and O–H groups in total. The van der Waals surface area contributed by atoms with Crippen molar-refractivity contribution in [2.75, 3.05) is 6.54 Å². The molecule has 0 radical (unpaired) electrons. The zero-order chi connectivity index (χ0) is 13.5. The maximum absolute atomic E-state index is 6.16. The van der Waals surface area contributed by atoms with Gasteiger partial charge < -0.3 is 10.1 Å². The molecular formula is C16H26N2O. The van der Waals surface area contributed by atoms with E-state index in [0.717, 1.165) is 18.8 Å². The van der Waals surface area contributed by atoms with E-state index in [1.165, 1.54) is 37.7 Å². The second kappa shape index (κ2) is 7.49. The van der Waals surface area contributed by atoms with Crippen molar-refractivity contribution < 1.29 is 4.74 Å². The predicted molar refractivity (Wildman–Crippen MR) is 78.3 cm³/mol. The third-order valence-corrected chi connectivity index (χ3v) is 3.57. The Morgan fingerprint density at radius 1 is 1.32 bits per heavy atom. The summed E-state index contributed by atoms with van der Waals surface area (Å²) in [5.41, 5.74) is 1.17. The molecule has 1 aliphatic carbocycles. The topological polar surface area (TPSA) is 34.2 Å². The molecule has 106 valence electrons. The summed E-state index contributed by atoms with van der Waals surface area (Å²) in [5, 5.41) is 3.46. The first kappa shape index (κ1) is 14.3. The second-order valence-electron chi connectivity index (χ2n) is 5.89. The molecule has 19 heavy (non-hydrogen) atoms. The van der Waals surface area contributed by atoms with Crippen molar-refractivity contribution in [1.29, 1.82) is 0 Å². The summed E-state index contributed by atoms with van der Waals surface area (Å²) in [6.45, 7) is 6.30. The van der Waals surface area contributed by atoms with Gasteiger partial charge in [0.05, 0.1) is 6.10 Å². The van der Waals surface area contributed by atoms with Gasteiger partial charge in [0.15, 0.2) is 0 Å². The highest BCUT2D eigenvalue weighted by Gasteiger charge is 2.16. The minimum absolute atomic E-state index is 0.403. The Morgan fingerprint density at radius 3 is 2.84 bits per heavy atom.